The first kappa shape index (κ1) is 25.3. The molecule has 12 nitrogen and oxygen atoms in total. The van der Waals surface area contributed by atoms with Gasteiger partial charge in [0.1, 0.15) is 23.9 Å². The molecule has 7 rings (SSSR count). The van der Waals surface area contributed by atoms with Crippen molar-refractivity contribution in [2.75, 3.05) is 27.2 Å². The second kappa shape index (κ2) is 9.72. The first-order valence-electron chi connectivity index (χ1n) is 13.4. The van der Waals surface area contributed by atoms with Crippen LogP contribution < -0.4 is 5.56 Å². The highest BCUT2D eigenvalue weighted by atomic mass is 31.2. The maximum atomic E-state index is 12.7. The predicted octanol–water partition coefficient (Wildman–Crippen LogP) is 3.27. The average Bonchev–Trinajstić information content (AvgIpc) is 3.75. The van der Waals surface area contributed by atoms with Gasteiger partial charge in [0, 0.05) is 26.7 Å². The fraction of sp³-hybridized carbons (Fsp3) is 0.538. The summed E-state index contributed by atoms with van der Waals surface area (Å²) in [7, 11) is 2.40. The van der Waals surface area contributed by atoms with Gasteiger partial charge in [-0.2, -0.15) is 4.98 Å². The number of aliphatic imine (C=N–C) groups is 1. The second-order valence-electron chi connectivity index (χ2n) is 10.7. The van der Waals surface area contributed by atoms with Crippen molar-refractivity contribution in [2.45, 2.75) is 62.4 Å². The number of nitrogens with zero attached hydrogens (tertiary/aromatic N) is 6. The van der Waals surface area contributed by atoms with Crippen LogP contribution in [0.15, 0.2) is 46.4 Å². The molecule has 2 bridgehead atoms. The van der Waals surface area contributed by atoms with Crippen LogP contribution in [-0.4, -0.2) is 86.5 Å². The molecule has 6 heterocycles. The Kier molecular flexibility index (Phi) is 6.30. The standard InChI is InChI=1S/C26H32N7O5P/c1-4-26-13-35-20(21(26)38-39-33-12-8-11-17(33)19(37-39)16-9-6-5-7-10-16)24(36-26)32-15-27-18-22(32)29-25(30-23(18)34)28-14-31(2)3/h5-7,9-10,14-15,17,19-21,24H,4,8,11-13H2,1-3H3,(H,29,30,34)/t17-,19+,20-,21?,24+,26+,39+/m0/s1. The van der Waals surface area contributed by atoms with Crippen LogP contribution in [0.3, 0.4) is 0 Å². The van der Waals surface area contributed by atoms with Crippen LogP contribution in [0.25, 0.3) is 11.2 Å². The van der Waals surface area contributed by atoms with Crippen molar-refractivity contribution < 1.29 is 18.5 Å². The summed E-state index contributed by atoms with van der Waals surface area (Å²) in [6.07, 6.45) is 4.79. The molecular weight excluding hydrogens is 521 g/mol. The topological polar surface area (TPSA) is 119 Å². The van der Waals surface area contributed by atoms with E-state index in [0.717, 1.165) is 19.4 Å². The minimum atomic E-state index is -1.29. The van der Waals surface area contributed by atoms with Crippen molar-refractivity contribution in [1.82, 2.24) is 29.1 Å². The van der Waals surface area contributed by atoms with Crippen LogP contribution in [0.4, 0.5) is 5.95 Å². The smallest absolute Gasteiger partial charge is 0.280 e. The van der Waals surface area contributed by atoms with Gasteiger partial charge in [0.2, 0.25) is 5.95 Å². The highest BCUT2D eigenvalue weighted by Gasteiger charge is 2.64. The van der Waals surface area contributed by atoms with Gasteiger partial charge in [0.25, 0.3) is 14.1 Å². The normalized spacial score (nSPS) is 34.0. The molecule has 39 heavy (non-hydrogen) atoms. The summed E-state index contributed by atoms with van der Waals surface area (Å²) in [5.41, 5.74) is 0.804. The number of H-pyrrole nitrogens is 1. The predicted molar refractivity (Wildman–Crippen MR) is 145 cm³/mol. The lowest BCUT2D eigenvalue weighted by Crippen LogP contribution is -2.41. The van der Waals surface area contributed by atoms with Gasteiger partial charge in [0.05, 0.1) is 19.3 Å². The van der Waals surface area contributed by atoms with Crippen LogP contribution >= 0.6 is 8.53 Å². The number of imidazole rings is 1. The number of nitrogens with one attached hydrogen (secondary N) is 1. The van der Waals surface area contributed by atoms with Gasteiger partial charge in [0.15, 0.2) is 17.4 Å². The number of hydrogen-bond acceptors (Lipinski definition) is 9. The molecule has 0 aliphatic carbocycles. The fourth-order valence-corrected chi connectivity index (χ4v) is 8.10. The molecule has 3 aromatic rings. The van der Waals surface area contributed by atoms with Crippen molar-refractivity contribution in [3.8, 4) is 0 Å². The first-order chi connectivity index (χ1) is 19.0. The van der Waals surface area contributed by atoms with Crippen molar-refractivity contribution in [2.24, 2.45) is 4.99 Å². The highest BCUT2D eigenvalue weighted by molar-refractivity contribution is 7.45. The Bertz CT molecular complexity index is 1450. The number of benzene rings is 1. The van der Waals surface area contributed by atoms with E-state index in [4.69, 9.17) is 18.5 Å². The van der Waals surface area contributed by atoms with Gasteiger partial charge < -0.3 is 23.4 Å². The molecule has 1 unspecified atom stereocenters. The number of hydrogen-bond donors (Lipinski definition) is 1. The molecule has 13 heteroatoms. The molecule has 1 aromatic carbocycles. The molecule has 4 aliphatic rings. The number of ether oxygens (including phenoxy) is 2. The highest BCUT2D eigenvalue weighted by Crippen LogP contribution is 2.63. The lowest BCUT2D eigenvalue weighted by molar-refractivity contribution is -0.172. The van der Waals surface area contributed by atoms with E-state index in [-0.39, 0.29) is 29.2 Å². The van der Waals surface area contributed by atoms with Gasteiger partial charge >= 0.3 is 0 Å². The van der Waals surface area contributed by atoms with E-state index in [2.05, 4.69) is 55.8 Å². The van der Waals surface area contributed by atoms with Gasteiger partial charge in [-0.05, 0) is 24.8 Å². The average molecular weight is 554 g/mol. The van der Waals surface area contributed by atoms with Crippen LogP contribution in [-0.2, 0) is 18.5 Å². The summed E-state index contributed by atoms with van der Waals surface area (Å²) in [4.78, 5) is 30.3. The molecule has 0 saturated carbocycles. The Balaban J connectivity index is 1.19. The summed E-state index contributed by atoms with van der Waals surface area (Å²) in [5.74, 6) is 0.194. The van der Waals surface area contributed by atoms with Crippen molar-refractivity contribution >= 4 is 32.0 Å². The molecule has 4 aliphatic heterocycles. The number of fused-ring (bicyclic) bond motifs is 4. The molecule has 206 valence electrons. The van der Waals surface area contributed by atoms with E-state index >= 15 is 0 Å². The minimum Gasteiger partial charge on any atom is -0.369 e. The zero-order valence-corrected chi connectivity index (χ0v) is 23.0. The third-order valence-corrected chi connectivity index (χ3v) is 9.77. The largest absolute Gasteiger partial charge is 0.369 e. The molecule has 0 radical (unpaired) electrons. The zero-order valence-electron chi connectivity index (χ0n) is 22.1. The molecule has 4 fully saturated rings. The number of aromatic amines is 1. The van der Waals surface area contributed by atoms with Crippen molar-refractivity contribution in [3.05, 3.63) is 52.6 Å². The molecular formula is C26H32N7O5P. The van der Waals surface area contributed by atoms with Crippen LogP contribution in [0.1, 0.15) is 44.1 Å². The summed E-state index contributed by atoms with van der Waals surface area (Å²) in [6.45, 7) is 3.47. The van der Waals surface area contributed by atoms with E-state index in [0.29, 0.717) is 24.7 Å². The Morgan fingerprint density at radius 3 is 2.97 bits per heavy atom. The van der Waals surface area contributed by atoms with Crippen LogP contribution in [0, 0.1) is 0 Å². The van der Waals surface area contributed by atoms with E-state index in [9.17, 15) is 4.79 Å². The quantitative estimate of drug-likeness (QED) is 0.267. The Hall–Kier alpha value is -2.73. The van der Waals surface area contributed by atoms with Crippen molar-refractivity contribution in [1.29, 1.82) is 0 Å². The molecule has 1 N–H and O–H groups in total. The van der Waals surface area contributed by atoms with Gasteiger partial charge in [-0.25, -0.2) is 14.6 Å². The monoisotopic (exact) mass is 553 g/mol. The molecule has 7 atom stereocenters. The maximum Gasteiger partial charge on any atom is 0.280 e. The maximum absolute atomic E-state index is 12.7. The fourth-order valence-electron chi connectivity index (χ4n) is 6.06. The van der Waals surface area contributed by atoms with Gasteiger partial charge in [-0.15, -0.1) is 0 Å². The molecule has 0 spiro atoms. The molecule has 4 saturated heterocycles. The second-order valence-corrected chi connectivity index (χ2v) is 12.1. The van der Waals surface area contributed by atoms with Crippen LogP contribution in [0.5, 0.6) is 0 Å². The summed E-state index contributed by atoms with van der Waals surface area (Å²) >= 11 is 0. The third kappa shape index (κ3) is 4.13. The SMILES string of the molecule is CC[C@@]12CO[C@@H](C1O[P@@]1O[C@H](c3ccccc3)[C@@H]3CCCN31)[C@H](n1cnc3c(=O)[nH]c(N=CN(C)C)nc31)O2. The number of rotatable bonds is 7. The Morgan fingerprint density at radius 1 is 1.33 bits per heavy atom. The summed E-state index contributed by atoms with van der Waals surface area (Å²) in [5, 5.41) is 0. The molecule has 0 amide bonds. The first-order valence-corrected chi connectivity index (χ1v) is 14.5. The molecule has 2 aromatic heterocycles. The Labute approximate surface area is 226 Å². The summed E-state index contributed by atoms with van der Waals surface area (Å²) < 4.78 is 30.6. The van der Waals surface area contributed by atoms with Gasteiger partial charge in [-0.3, -0.25) is 14.3 Å². The van der Waals surface area contributed by atoms with Gasteiger partial charge in [-0.1, -0.05) is 37.3 Å². The number of aromatic nitrogens is 4. The third-order valence-electron chi connectivity index (χ3n) is 8.04. The lowest BCUT2D eigenvalue weighted by atomic mass is 9.96. The minimum absolute atomic E-state index is 0.0104. The zero-order chi connectivity index (χ0) is 26.7. The van der Waals surface area contributed by atoms with E-state index in [1.807, 2.05) is 20.2 Å². The summed E-state index contributed by atoms with van der Waals surface area (Å²) in [6, 6.07) is 10.7. The van der Waals surface area contributed by atoms with Crippen LogP contribution in [0.2, 0.25) is 0 Å². The van der Waals surface area contributed by atoms with E-state index < -0.39 is 26.5 Å². The lowest BCUT2D eigenvalue weighted by Gasteiger charge is -2.31. The Morgan fingerprint density at radius 2 is 2.18 bits per heavy atom. The van der Waals surface area contributed by atoms with E-state index in [1.165, 1.54) is 5.56 Å². The van der Waals surface area contributed by atoms with E-state index in [1.54, 1.807) is 22.1 Å². The van der Waals surface area contributed by atoms with Crippen molar-refractivity contribution in [3.63, 3.8) is 0 Å².